The highest BCUT2D eigenvalue weighted by Crippen LogP contribution is 2.37. The first-order valence-electron chi connectivity index (χ1n) is 14.4. The summed E-state index contributed by atoms with van der Waals surface area (Å²) < 4.78 is 8.67. The van der Waals surface area contributed by atoms with Crippen molar-refractivity contribution in [3.8, 4) is 34.2 Å². The van der Waals surface area contributed by atoms with Crippen molar-refractivity contribution < 1.29 is 9.84 Å². The number of pyridine rings is 3. The van der Waals surface area contributed by atoms with Gasteiger partial charge in [-0.1, -0.05) is 6.07 Å². The van der Waals surface area contributed by atoms with E-state index in [0.717, 1.165) is 53.2 Å². The molecule has 1 N–H and O–H groups in total. The quantitative estimate of drug-likeness (QED) is 0.295. The number of piperidine rings is 1. The fourth-order valence-electron chi connectivity index (χ4n) is 6.28. The highest BCUT2D eigenvalue weighted by Gasteiger charge is 2.44. The zero-order chi connectivity index (χ0) is 29.7. The second-order valence-corrected chi connectivity index (χ2v) is 12.1. The Hall–Kier alpha value is -4.79. The minimum absolute atomic E-state index is 0.377. The van der Waals surface area contributed by atoms with Crippen LogP contribution in [0.1, 0.15) is 31.4 Å². The van der Waals surface area contributed by atoms with Crippen molar-refractivity contribution in [3.05, 3.63) is 78.6 Å². The van der Waals surface area contributed by atoms with Gasteiger partial charge in [0.2, 0.25) is 5.88 Å². The molecule has 43 heavy (non-hydrogen) atoms. The Balaban J connectivity index is 1.12. The molecule has 0 amide bonds. The van der Waals surface area contributed by atoms with Gasteiger partial charge in [0.1, 0.15) is 11.9 Å². The Morgan fingerprint density at radius 3 is 2.49 bits per heavy atom. The molecule has 2 bridgehead atoms. The topological polar surface area (TPSA) is 121 Å². The van der Waals surface area contributed by atoms with E-state index in [2.05, 4.69) is 55.3 Å². The van der Waals surface area contributed by atoms with Crippen molar-refractivity contribution in [2.45, 2.75) is 51.0 Å². The highest BCUT2D eigenvalue weighted by molar-refractivity contribution is 5.87. The molecule has 0 aliphatic carbocycles. The number of piperazine rings is 1. The van der Waals surface area contributed by atoms with Gasteiger partial charge in [0.05, 0.1) is 42.7 Å². The summed E-state index contributed by atoms with van der Waals surface area (Å²) in [5, 5.41) is 28.9. The summed E-state index contributed by atoms with van der Waals surface area (Å²) in [5.41, 5.74) is 5.16. The van der Waals surface area contributed by atoms with Gasteiger partial charge in [-0.2, -0.15) is 15.5 Å². The summed E-state index contributed by atoms with van der Waals surface area (Å²) in [5.74, 6) is 1.59. The Kier molecular flexibility index (Phi) is 6.60. The summed E-state index contributed by atoms with van der Waals surface area (Å²) >= 11 is 0. The lowest BCUT2D eigenvalue weighted by atomic mass is 9.87. The molecule has 3 aliphatic rings. The Morgan fingerprint density at radius 1 is 0.977 bits per heavy atom. The number of methoxy groups -OCH3 is 1. The van der Waals surface area contributed by atoms with Gasteiger partial charge in [0.25, 0.3) is 0 Å². The number of fused-ring (bicyclic) bond motifs is 3. The molecular formula is C32H33N9O2. The number of aliphatic hydroxyl groups is 1. The molecular weight excluding hydrogens is 542 g/mol. The molecule has 5 aromatic rings. The number of aromatic nitrogens is 6. The van der Waals surface area contributed by atoms with Gasteiger partial charge in [0, 0.05) is 84.8 Å². The van der Waals surface area contributed by atoms with Crippen LogP contribution >= 0.6 is 0 Å². The van der Waals surface area contributed by atoms with Crippen LogP contribution < -0.4 is 9.64 Å². The summed E-state index contributed by atoms with van der Waals surface area (Å²) in [6, 6.07) is 13.5. The summed E-state index contributed by atoms with van der Waals surface area (Å²) in [4.78, 5) is 14.2. The third kappa shape index (κ3) is 5.20. The van der Waals surface area contributed by atoms with Crippen LogP contribution in [0.2, 0.25) is 0 Å². The summed E-state index contributed by atoms with van der Waals surface area (Å²) in [6.45, 7) is 6.64. The average molecular weight is 576 g/mol. The van der Waals surface area contributed by atoms with Crippen molar-refractivity contribution >= 4 is 11.3 Å². The molecule has 218 valence electrons. The maximum absolute atomic E-state index is 10.2. The molecule has 3 saturated heterocycles. The second kappa shape index (κ2) is 10.5. The van der Waals surface area contributed by atoms with Crippen LogP contribution in [0.3, 0.4) is 0 Å². The van der Waals surface area contributed by atoms with E-state index in [9.17, 15) is 10.4 Å². The van der Waals surface area contributed by atoms with Crippen LogP contribution in [0.25, 0.3) is 27.8 Å². The Labute approximate surface area is 249 Å². The van der Waals surface area contributed by atoms with Crippen molar-refractivity contribution in [2.75, 3.05) is 25.1 Å². The van der Waals surface area contributed by atoms with Crippen molar-refractivity contribution in [1.29, 1.82) is 5.26 Å². The fraction of sp³-hybridized carbons (Fsp3) is 0.344. The van der Waals surface area contributed by atoms with Gasteiger partial charge < -0.3 is 14.7 Å². The highest BCUT2D eigenvalue weighted by atomic mass is 16.5. The lowest BCUT2D eigenvalue weighted by molar-refractivity contribution is -0.00876. The molecule has 11 nitrogen and oxygen atoms in total. The van der Waals surface area contributed by atoms with Gasteiger partial charge in [-0.15, -0.1) is 0 Å². The molecule has 8 heterocycles. The van der Waals surface area contributed by atoms with Crippen LogP contribution in [0, 0.1) is 11.3 Å². The first-order chi connectivity index (χ1) is 20.8. The van der Waals surface area contributed by atoms with E-state index in [0.29, 0.717) is 30.1 Å². The maximum atomic E-state index is 10.2. The molecule has 0 radical (unpaired) electrons. The minimum atomic E-state index is -0.878. The van der Waals surface area contributed by atoms with Gasteiger partial charge in [0.15, 0.2) is 0 Å². The Morgan fingerprint density at radius 2 is 1.81 bits per heavy atom. The maximum Gasteiger partial charge on any atom is 0.212 e. The van der Waals surface area contributed by atoms with E-state index in [4.69, 9.17) is 9.72 Å². The van der Waals surface area contributed by atoms with Crippen molar-refractivity contribution in [1.82, 2.24) is 34.3 Å². The number of hydrogen-bond donors (Lipinski definition) is 1. The third-order valence-electron chi connectivity index (χ3n) is 8.35. The van der Waals surface area contributed by atoms with E-state index in [1.165, 1.54) is 12.0 Å². The predicted octanol–water partition coefficient (Wildman–Crippen LogP) is 3.77. The molecule has 3 aliphatic heterocycles. The lowest BCUT2D eigenvalue weighted by Crippen LogP contribution is -2.68. The molecule has 8 rings (SSSR count). The molecule has 5 aromatic heterocycles. The molecule has 2 atom stereocenters. The van der Waals surface area contributed by atoms with E-state index in [1.807, 2.05) is 30.9 Å². The molecule has 0 saturated carbocycles. The normalized spacial score (nSPS) is 18.4. The summed E-state index contributed by atoms with van der Waals surface area (Å²) in [7, 11) is 1.63. The predicted molar refractivity (Wildman–Crippen MR) is 161 cm³/mol. The zero-order valence-corrected chi connectivity index (χ0v) is 24.4. The summed E-state index contributed by atoms with van der Waals surface area (Å²) in [6.07, 6.45) is 12.2. The van der Waals surface area contributed by atoms with Crippen LogP contribution in [0.4, 0.5) is 5.82 Å². The first-order valence-corrected chi connectivity index (χ1v) is 14.4. The molecule has 3 fully saturated rings. The lowest BCUT2D eigenvalue weighted by Gasteiger charge is -2.56. The number of anilines is 1. The van der Waals surface area contributed by atoms with E-state index < -0.39 is 5.60 Å². The standard InChI is InChI=1S/C32H33N9O2/c1-32(2,42)20-39-16-25(14-36-39)23-8-28(31-24(10-33)13-37-41(31)17-23)22-5-6-29(34-12-22)38-18-26-9-27(19-38)40(26)15-21-4-7-30(43-3)35-11-21/h4-8,11-14,16-17,26-27,42H,9,15,18-20H2,1-3H3. The molecule has 0 spiro atoms. The number of rotatable bonds is 8. The van der Waals surface area contributed by atoms with E-state index >= 15 is 0 Å². The van der Waals surface area contributed by atoms with Gasteiger partial charge in [-0.25, -0.2) is 14.5 Å². The number of nitriles is 1. The van der Waals surface area contributed by atoms with Gasteiger partial charge in [-0.3, -0.25) is 9.58 Å². The second-order valence-electron chi connectivity index (χ2n) is 12.1. The molecule has 0 aromatic carbocycles. The van der Waals surface area contributed by atoms with Crippen LogP contribution in [0.5, 0.6) is 5.88 Å². The number of ether oxygens (including phenoxy) is 1. The van der Waals surface area contributed by atoms with E-state index in [-0.39, 0.29) is 0 Å². The smallest absolute Gasteiger partial charge is 0.212 e. The van der Waals surface area contributed by atoms with Crippen molar-refractivity contribution in [2.24, 2.45) is 0 Å². The molecule has 2 unspecified atom stereocenters. The number of nitrogens with zero attached hydrogens (tertiary/aromatic N) is 9. The zero-order valence-electron chi connectivity index (χ0n) is 24.4. The monoisotopic (exact) mass is 575 g/mol. The average Bonchev–Trinajstić information content (AvgIpc) is 3.66. The number of hydrogen-bond acceptors (Lipinski definition) is 9. The third-order valence-corrected chi connectivity index (χ3v) is 8.35. The van der Waals surface area contributed by atoms with Crippen LogP contribution in [0.15, 0.2) is 67.5 Å². The minimum Gasteiger partial charge on any atom is -0.481 e. The largest absolute Gasteiger partial charge is 0.481 e. The van der Waals surface area contributed by atoms with Gasteiger partial charge >= 0.3 is 0 Å². The van der Waals surface area contributed by atoms with Gasteiger partial charge in [-0.05, 0) is 44.0 Å². The van der Waals surface area contributed by atoms with Crippen LogP contribution in [-0.4, -0.2) is 77.3 Å². The first kappa shape index (κ1) is 27.1. The van der Waals surface area contributed by atoms with Crippen LogP contribution in [-0.2, 0) is 13.1 Å². The fourth-order valence-corrected chi connectivity index (χ4v) is 6.28. The SMILES string of the molecule is COc1ccc(CN2C3CC2CN(c2ccc(-c4cc(-c5cnn(CC(C)(C)O)c5)cn5ncc(C#N)c45)cn2)C3)cn1. The Bertz CT molecular complexity index is 1800. The van der Waals surface area contributed by atoms with Crippen molar-refractivity contribution in [3.63, 3.8) is 0 Å². The molecule has 11 heteroatoms. The van der Waals surface area contributed by atoms with E-state index in [1.54, 1.807) is 42.5 Å².